The predicted molar refractivity (Wildman–Crippen MR) is 89.7 cm³/mol. The number of nitrogens with two attached hydrogens (primary N) is 1. The molecule has 20 heavy (non-hydrogen) atoms. The molecule has 106 valence electrons. The Morgan fingerprint density at radius 2 is 1.65 bits per heavy atom. The summed E-state index contributed by atoms with van der Waals surface area (Å²) in [6.07, 6.45) is 0.471. The van der Waals surface area contributed by atoms with Gasteiger partial charge in [0.25, 0.3) is 0 Å². The van der Waals surface area contributed by atoms with Crippen LogP contribution in [-0.4, -0.2) is 0 Å². The molecule has 0 saturated heterocycles. The van der Waals surface area contributed by atoms with Gasteiger partial charge in [0.05, 0.1) is 6.04 Å². The zero-order valence-corrected chi connectivity index (χ0v) is 15.1. The van der Waals surface area contributed by atoms with Crippen molar-refractivity contribution >= 4 is 47.8 Å². The first-order valence-electron chi connectivity index (χ1n) is 5.85. The molecule has 0 saturated carbocycles. The minimum Gasteiger partial charge on any atom is -0.271 e. The SMILES string of the molecule is NNC(Cc1ccc(Br)cc1F)c1cc(Br)cc(Br)c1. The lowest BCUT2D eigenvalue weighted by molar-refractivity contribution is 0.528. The van der Waals surface area contributed by atoms with Crippen LogP contribution >= 0.6 is 47.8 Å². The fourth-order valence-electron chi connectivity index (χ4n) is 1.96. The fraction of sp³-hybridized carbons (Fsp3) is 0.143. The van der Waals surface area contributed by atoms with Crippen LogP contribution in [0, 0.1) is 5.82 Å². The summed E-state index contributed by atoms with van der Waals surface area (Å²) in [5.74, 6) is 5.38. The summed E-state index contributed by atoms with van der Waals surface area (Å²) in [6, 6.07) is 10.7. The van der Waals surface area contributed by atoms with Crippen LogP contribution in [0.4, 0.5) is 4.39 Å². The first-order valence-corrected chi connectivity index (χ1v) is 8.23. The highest BCUT2D eigenvalue weighted by atomic mass is 79.9. The van der Waals surface area contributed by atoms with Gasteiger partial charge in [0.2, 0.25) is 0 Å². The molecule has 2 rings (SSSR count). The van der Waals surface area contributed by atoms with E-state index in [1.807, 2.05) is 24.3 Å². The van der Waals surface area contributed by atoms with Crippen LogP contribution in [0.15, 0.2) is 49.8 Å². The molecule has 3 N–H and O–H groups in total. The predicted octanol–water partition coefficient (Wildman–Crippen LogP) is 4.86. The average molecular weight is 467 g/mol. The molecule has 0 spiro atoms. The molecule has 0 fully saturated rings. The van der Waals surface area contributed by atoms with Gasteiger partial charge in [-0.1, -0.05) is 53.9 Å². The summed E-state index contributed by atoms with van der Waals surface area (Å²) >= 11 is 10.1. The number of halogens is 4. The third kappa shape index (κ3) is 4.11. The molecule has 2 aromatic rings. The van der Waals surface area contributed by atoms with E-state index in [1.165, 1.54) is 6.07 Å². The summed E-state index contributed by atoms with van der Waals surface area (Å²) in [6.45, 7) is 0. The summed E-state index contributed by atoms with van der Waals surface area (Å²) in [5, 5.41) is 0. The van der Waals surface area contributed by atoms with E-state index in [-0.39, 0.29) is 11.9 Å². The van der Waals surface area contributed by atoms with Crippen molar-refractivity contribution in [3.63, 3.8) is 0 Å². The van der Waals surface area contributed by atoms with E-state index in [0.717, 1.165) is 19.0 Å². The Labute approximate surface area is 142 Å². The Hall–Kier alpha value is -0.270. The lowest BCUT2D eigenvalue weighted by Gasteiger charge is -2.17. The van der Waals surface area contributed by atoms with E-state index in [9.17, 15) is 4.39 Å². The van der Waals surface area contributed by atoms with Crippen LogP contribution in [0.2, 0.25) is 0 Å². The first kappa shape index (κ1) is 16.1. The van der Waals surface area contributed by atoms with Crippen molar-refractivity contribution in [3.05, 3.63) is 66.8 Å². The summed E-state index contributed by atoms with van der Waals surface area (Å²) in [4.78, 5) is 0. The van der Waals surface area contributed by atoms with Crippen molar-refractivity contribution < 1.29 is 4.39 Å². The zero-order valence-electron chi connectivity index (χ0n) is 10.3. The van der Waals surface area contributed by atoms with Gasteiger partial charge < -0.3 is 0 Å². The molecule has 6 heteroatoms. The highest BCUT2D eigenvalue weighted by Gasteiger charge is 2.14. The third-order valence-electron chi connectivity index (χ3n) is 2.93. The second-order valence-electron chi connectivity index (χ2n) is 4.36. The molecule has 0 aliphatic heterocycles. The molecule has 1 atom stereocenters. The van der Waals surface area contributed by atoms with Crippen LogP contribution in [0.1, 0.15) is 17.2 Å². The van der Waals surface area contributed by atoms with Gasteiger partial charge in [-0.05, 0) is 47.9 Å². The van der Waals surface area contributed by atoms with Gasteiger partial charge >= 0.3 is 0 Å². The van der Waals surface area contributed by atoms with Crippen molar-refractivity contribution in [2.24, 2.45) is 5.84 Å². The molecular formula is C14H12Br3FN2. The van der Waals surface area contributed by atoms with Gasteiger partial charge in [0.15, 0.2) is 0 Å². The van der Waals surface area contributed by atoms with E-state index in [1.54, 1.807) is 6.07 Å². The van der Waals surface area contributed by atoms with Gasteiger partial charge in [-0.25, -0.2) is 4.39 Å². The van der Waals surface area contributed by atoms with Gasteiger partial charge in [-0.2, -0.15) is 0 Å². The average Bonchev–Trinajstić information content (AvgIpc) is 2.36. The third-order valence-corrected chi connectivity index (χ3v) is 4.34. The maximum absolute atomic E-state index is 13.9. The molecule has 0 bridgehead atoms. The Bertz CT molecular complexity index is 599. The van der Waals surface area contributed by atoms with E-state index in [2.05, 4.69) is 53.2 Å². The van der Waals surface area contributed by atoms with Crippen molar-refractivity contribution in [2.75, 3.05) is 0 Å². The molecule has 0 aliphatic rings. The number of benzene rings is 2. The number of hydrazine groups is 1. The second kappa shape index (κ2) is 7.13. The molecule has 2 aromatic carbocycles. The summed E-state index contributed by atoms with van der Waals surface area (Å²) < 4.78 is 16.5. The molecule has 0 radical (unpaired) electrons. The van der Waals surface area contributed by atoms with Crippen molar-refractivity contribution in [3.8, 4) is 0 Å². The highest BCUT2D eigenvalue weighted by molar-refractivity contribution is 9.11. The molecule has 2 nitrogen and oxygen atoms in total. The van der Waals surface area contributed by atoms with Crippen LogP contribution < -0.4 is 11.3 Å². The number of hydrogen-bond acceptors (Lipinski definition) is 2. The summed E-state index contributed by atoms with van der Waals surface area (Å²) in [5.41, 5.74) is 4.34. The van der Waals surface area contributed by atoms with E-state index < -0.39 is 0 Å². The number of rotatable bonds is 4. The van der Waals surface area contributed by atoms with Crippen LogP contribution in [0.3, 0.4) is 0 Å². The smallest absolute Gasteiger partial charge is 0.127 e. The second-order valence-corrected chi connectivity index (χ2v) is 7.11. The normalized spacial score (nSPS) is 12.4. The van der Waals surface area contributed by atoms with Gasteiger partial charge in [0.1, 0.15) is 5.82 Å². The van der Waals surface area contributed by atoms with E-state index in [4.69, 9.17) is 5.84 Å². The molecule has 0 aromatic heterocycles. The Balaban J connectivity index is 2.28. The standard InChI is InChI=1S/C14H12Br3FN2/c15-10-2-1-8(13(18)7-10)5-14(20-19)9-3-11(16)6-12(17)4-9/h1-4,6-7,14,20H,5,19H2. The molecule has 0 aliphatic carbocycles. The van der Waals surface area contributed by atoms with Crippen LogP contribution in [0.25, 0.3) is 0 Å². The van der Waals surface area contributed by atoms with Gasteiger partial charge in [0, 0.05) is 13.4 Å². The number of nitrogens with one attached hydrogen (secondary N) is 1. The Morgan fingerprint density at radius 1 is 1.00 bits per heavy atom. The largest absolute Gasteiger partial charge is 0.271 e. The van der Waals surface area contributed by atoms with Gasteiger partial charge in [-0.3, -0.25) is 11.3 Å². The molecule has 0 amide bonds. The van der Waals surface area contributed by atoms with Crippen molar-refractivity contribution in [1.29, 1.82) is 0 Å². The number of hydrogen-bond donors (Lipinski definition) is 2. The Kier molecular flexibility index (Phi) is 5.74. The first-order chi connectivity index (χ1) is 9.49. The summed E-state index contributed by atoms with van der Waals surface area (Å²) in [7, 11) is 0. The topological polar surface area (TPSA) is 38.0 Å². The lowest BCUT2D eigenvalue weighted by Crippen LogP contribution is -2.29. The molecule has 1 unspecified atom stereocenters. The fourth-order valence-corrected chi connectivity index (χ4v) is 3.62. The maximum atomic E-state index is 13.9. The van der Waals surface area contributed by atoms with Crippen molar-refractivity contribution in [1.82, 2.24) is 5.43 Å². The van der Waals surface area contributed by atoms with E-state index in [0.29, 0.717) is 12.0 Å². The van der Waals surface area contributed by atoms with Crippen LogP contribution in [0.5, 0.6) is 0 Å². The molecule has 0 heterocycles. The molecular weight excluding hydrogens is 455 g/mol. The Morgan fingerprint density at radius 3 is 2.20 bits per heavy atom. The zero-order chi connectivity index (χ0) is 14.7. The maximum Gasteiger partial charge on any atom is 0.127 e. The van der Waals surface area contributed by atoms with Gasteiger partial charge in [-0.15, -0.1) is 0 Å². The van der Waals surface area contributed by atoms with Crippen molar-refractivity contribution in [2.45, 2.75) is 12.5 Å². The van der Waals surface area contributed by atoms with E-state index >= 15 is 0 Å². The van der Waals surface area contributed by atoms with Crippen LogP contribution in [-0.2, 0) is 6.42 Å². The minimum absolute atomic E-state index is 0.167. The lowest BCUT2D eigenvalue weighted by atomic mass is 9.99. The quantitative estimate of drug-likeness (QED) is 0.499. The minimum atomic E-state index is -0.242. The monoisotopic (exact) mass is 464 g/mol. The highest BCUT2D eigenvalue weighted by Crippen LogP contribution is 2.27.